The second kappa shape index (κ2) is 7.23. The van der Waals surface area contributed by atoms with E-state index in [1.807, 2.05) is 17.5 Å². The molecule has 3 rings (SSSR count). The number of aromatic hydroxyl groups is 1. The minimum Gasteiger partial charge on any atom is -0.507 e. The van der Waals surface area contributed by atoms with Crippen LogP contribution in [0.2, 0.25) is 0 Å². The first-order valence-corrected chi connectivity index (χ1v) is 8.08. The lowest BCUT2D eigenvalue weighted by Crippen LogP contribution is -2.17. The van der Waals surface area contributed by atoms with Gasteiger partial charge in [0.05, 0.1) is 11.8 Å². The smallest absolute Gasteiger partial charge is 0.275 e. The Balaban J connectivity index is 1.85. The molecule has 0 aliphatic rings. The van der Waals surface area contributed by atoms with E-state index in [-0.39, 0.29) is 16.9 Å². The third-order valence-electron chi connectivity index (χ3n) is 3.38. The van der Waals surface area contributed by atoms with Gasteiger partial charge in [-0.25, -0.2) is 14.2 Å². The third-order valence-corrected chi connectivity index (χ3v) is 4.19. The lowest BCUT2D eigenvalue weighted by molar-refractivity contribution is 0.0952. The minimum absolute atomic E-state index is 0.0652. The first-order chi connectivity index (χ1) is 12.0. The number of carbonyl (C=O) groups is 1. The lowest BCUT2D eigenvalue weighted by Gasteiger charge is -2.08. The molecule has 126 valence electrons. The molecule has 0 fully saturated rings. The van der Waals surface area contributed by atoms with Crippen LogP contribution in [0.5, 0.6) is 5.75 Å². The maximum atomic E-state index is 13.9. The average molecular weight is 358 g/mol. The van der Waals surface area contributed by atoms with Crippen molar-refractivity contribution in [3.63, 3.8) is 0 Å². The first kappa shape index (κ1) is 16.8. The van der Waals surface area contributed by atoms with Gasteiger partial charge in [-0.1, -0.05) is 12.1 Å². The van der Waals surface area contributed by atoms with Crippen LogP contribution in [-0.2, 0) is 0 Å². The molecular weight excluding hydrogens is 346 g/mol. The molecule has 2 N–H and O–H groups in total. The number of carbonyl (C=O) groups excluding carboxylic acids is 1. The lowest BCUT2D eigenvalue weighted by atomic mass is 10.0. The third kappa shape index (κ3) is 3.89. The van der Waals surface area contributed by atoms with Gasteiger partial charge in [0.1, 0.15) is 17.4 Å². The highest BCUT2D eigenvalue weighted by atomic mass is 32.1. The highest BCUT2D eigenvalue weighted by Crippen LogP contribution is 2.28. The van der Waals surface area contributed by atoms with Crippen molar-refractivity contribution >= 4 is 23.5 Å². The molecule has 0 saturated carbocycles. The molecule has 25 heavy (non-hydrogen) atoms. The number of nitrogens with zero attached hydrogens (tertiary/aromatic N) is 1. The van der Waals surface area contributed by atoms with Crippen molar-refractivity contribution in [1.29, 1.82) is 0 Å². The van der Waals surface area contributed by atoms with Gasteiger partial charge in [0.2, 0.25) is 0 Å². The van der Waals surface area contributed by atoms with Crippen LogP contribution in [0.25, 0.3) is 11.1 Å². The Morgan fingerprint density at radius 1 is 1.16 bits per heavy atom. The highest BCUT2D eigenvalue weighted by Gasteiger charge is 2.14. The van der Waals surface area contributed by atoms with Crippen molar-refractivity contribution in [2.75, 3.05) is 0 Å². The van der Waals surface area contributed by atoms with Crippen molar-refractivity contribution in [3.8, 4) is 16.9 Å². The molecule has 2 aromatic carbocycles. The fourth-order valence-corrected chi connectivity index (χ4v) is 2.77. The van der Waals surface area contributed by atoms with E-state index in [0.717, 1.165) is 17.0 Å². The highest BCUT2D eigenvalue weighted by molar-refractivity contribution is 7.11. The number of hydrazone groups is 1. The number of halogens is 2. The molecule has 4 nitrogen and oxygen atoms in total. The summed E-state index contributed by atoms with van der Waals surface area (Å²) in [5.41, 5.74) is 2.70. The van der Waals surface area contributed by atoms with E-state index in [4.69, 9.17) is 0 Å². The summed E-state index contributed by atoms with van der Waals surface area (Å²) >= 11 is 1.45. The molecule has 1 heterocycles. The number of phenols is 1. The molecule has 0 spiro atoms. The van der Waals surface area contributed by atoms with Crippen molar-refractivity contribution in [1.82, 2.24) is 5.43 Å². The van der Waals surface area contributed by atoms with E-state index in [1.165, 1.54) is 41.8 Å². The summed E-state index contributed by atoms with van der Waals surface area (Å²) in [5, 5.41) is 15.6. The summed E-state index contributed by atoms with van der Waals surface area (Å²) in [5.74, 6) is -2.36. The molecule has 0 aliphatic heterocycles. The Labute approximate surface area is 146 Å². The van der Waals surface area contributed by atoms with Gasteiger partial charge in [-0.05, 0) is 41.3 Å². The van der Waals surface area contributed by atoms with E-state index in [2.05, 4.69) is 10.5 Å². The zero-order valence-corrected chi connectivity index (χ0v) is 13.6. The van der Waals surface area contributed by atoms with Gasteiger partial charge in [0, 0.05) is 16.5 Å². The van der Waals surface area contributed by atoms with E-state index in [1.54, 1.807) is 0 Å². The molecule has 3 aromatic rings. The van der Waals surface area contributed by atoms with E-state index in [0.29, 0.717) is 5.56 Å². The minimum atomic E-state index is -0.757. The van der Waals surface area contributed by atoms with Gasteiger partial charge in [-0.15, -0.1) is 11.3 Å². The normalized spacial score (nSPS) is 11.0. The van der Waals surface area contributed by atoms with Gasteiger partial charge in [-0.2, -0.15) is 5.10 Å². The monoisotopic (exact) mass is 358 g/mol. The Hall–Kier alpha value is -3.06. The molecule has 7 heteroatoms. The zero-order chi connectivity index (χ0) is 17.8. The van der Waals surface area contributed by atoms with Gasteiger partial charge in [0.15, 0.2) is 0 Å². The molecule has 0 bridgehead atoms. The second-order valence-corrected chi connectivity index (χ2v) is 6.05. The van der Waals surface area contributed by atoms with Gasteiger partial charge in [0.25, 0.3) is 5.91 Å². The van der Waals surface area contributed by atoms with Gasteiger partial charge in [-0.3, -0.25) is 4.79 Å². The number of hydrogen-bond donors (Lipinski definition) is 2. The van der Waals surface area contributed by atoms with Gasteiger partial charge < -0.3 is 5.11 Å². The van der Waals surface area contributed by atoms with Crippen molar-refractivity contribution in [2.45, 2.75) is 0 Å². The van der Waals surface area contributed by atoms with E-state index >= 15 is 0 Å². The van der Waals surface area contributed by atoms with Crippen LogP contribution < -0.4 is 5.43 Å². The Bertz CT molecular complexity index is 940. The summed E-state index contributed by atoms with van der Waals surface area (Å²) in [7, 11) is 0. The van der Waals surface area contributed by atoms with Crippen LogP contribution in [0.1, 0.15) is 15.2 Å². The number of thiophene rings is 1. The number of hydrogen-bond acceptors (Lipinski definition) is 4. The fraction of sp³-hybridized carbons (Fsp3) is 0. The number of amides is 1. The number of benzene rings is 2. The van der Waals surface area contributed by atoms with Crippen LogP contribution >= 0.6 is 11.3 Å². The summed E-state index contributed by atoms with van der Waals surface area (Å²) in [6, 6.07) is 10.9. The van der Waals surface area contributed by atoms with Crippen LogP contribution in [0.3, 0.4) is 0 Å². The predicted molar refractivity (Wildman–Crippen MR) is 92.8 cm³/mol. The molecular formula is C18H12F2N2O2S. The van der Waals surface area contributed by atoms with E-state index < -0.39 is 17.5 Å². The van der Waals surface area contributed by atoms with Crippen LogP contribution in [0.4, 0.5) is 8.78 Å². The summed E-state index contributed by atoms with van der Waals surface area (Å²) in [4.78, 5) is 13.0. The number of rotatable bonds is 4. The Morgan fingerprint density at radius 3 is 2.72 bits per heavy atom. The van der Waals surface area contributed by atoms with Crippen molar-refractivity contribution in [2.24, 2.45) is 5.10 Å². The first-order valence-electron chi connectivity index (χ1n) is 7.20. The van der Waals surface area contributed by atoms with E-state index in [9.17, 15) is 18.7 Å². The molecule has 0 atom stereocenters. The van der Waals surface area contributed by atoms with Crippen LogP contribution in [0.15, 0.2) is 59.0 Å². The maximum absolute atomic E-state index is 13.9. The topological polar surface area (TPSA) is 61.7 Å². The Morgan fingerprint density at radius 2 is 2.00 bits per heavy atom. The molecule has 0 radical (unpaired) electrons. The van der Waals surface area contributed by atoms with Crippen molar-refractivity contribution < 1.29 is 18.7 Å². The molecule has 0 saturated heterocycles. The summed E-state index contributed by atoms with van der Waals surface area (Å²) in [6.45, 7) is 0. The molecule has 0 aliphatic carbocycles. The molecule has 1 amide bonds. The number of phenolic OH excluding ortho intramolecular Hbond substituents is 1. The zero-order valence-electron chi connectivity index (χ0n) is 12.7. The fourth-order valence-electron chi connectivity index (χ4n) is 2.19. The van der Waals surface area contributed by atoms with Crippen LogP contribution in [-0.4, -0.2) is 17.2 Å². The second-order valence-electron chi connectivity index (χ2n) is 5.07. The maximum Gasteiger partial charge on any atom is 0.275 e. The average Bonchev–Trinajstić information content (AvgIpc) is 3.09. The van der Waals surface area contributed by atoms with Crippen LogP contribution in [0, 0.1) is 11.6 Å². The quantitative estimate of drug-likeness (QED) is 0.543. The summed E-state index contributed by atoms with van der Waals surface area (Å²) in [6.07, 6.45) is 1.48. The largest absolute Gasteiger partial charge is 0.507 e. The molecule has 0 unspecified atom stereocenters. The van der Waals surface area contributed by atoms with Gasteiger partial charge >= 0.3 is 0 Å². The standard InChI is InChI=1S/C18H12F2N2O2S/c19-12-4-5-14(16(20)9-12)11-3-6-17(23)15(8-11)18(24)22-21-10-13-2-1-7-25-13/h1-10,23H,(H,22,24)/b21-10+. The SMILES string of the molecule is O=C(N/N=C/c1cccs1)c1cc(-c2ccc(F)cc2F)ccc1O. The number of nitrogens with one attached hydrogen (secondary N) is 1. The Kier molecular flexibility index (Phi) is 4.85. The van der Waals surface area contributed by atoms with Crippen molar-refractivity contribution in [3.05, 3.63) is 76.0 Å². The molecule has 1 aromatic heterocycles. The predicted octanol–water partition coefficient (Wildman–Crippen LogP) is 4.16. The summed E-state index contributed by atoms with van der Waals surface area (Å²) < 4.78 is 26.9.